The largest absolute Gasteiger partial charge is 0.384 e. The molecule has 1 aromatic rings. The molecular formula is C6H7N3. The Hall–Kier alpha value is -1.56. The molecule has 0 fully saturated rings. The molecule has 2 N–H and O–H groups in total. The van der Waals surface area contributed by atoms with Crippen LogP contribution in [0.1, 0.15) is 0 Å². The van der Waals surface area contributed by atoms with Gasteiger partial charge in [0.15, 0.2) is 0 Å². The van der Waals surface area contributed by atoms with Crippen molar-refractivity contribution in [3.63, 3.8) is 0 Å². The summed E-state index contributed by atoms with van der Waals surface area (Å²) in [6.45, 7) is 3.50. The summed E-state index contributed by atoms with van der Waals surface area (Å²) >= 11 is 0. The third kappa shape index (κ3) is 3.06. The highest BCUT2D eigenvalue weighted by Gasteiger charge is 1.73. The molecule has 0 amide bonds. The Bertz CT molecular complexity index is 168. The zero-order valence-corrected chi connectivity index (χ0v) is 4.86. The lowest BCUT2D eigenvalue weighted by atomic mass is 10.5. The Balaban J connectivity index is 0.000000291. The van der Waals surface area contributed by atoms with E-state index in [-0.39, 0.29) is 0 Å². The molecule has 0 bridgehead atoms. The highest BCUT2D eigenvalue weighted by atomic mass is 14.8. The lowest BCUT2D eigenvalue weighted by Crippen LogP contribution is -1.85. The van der Waals surface area contributed by atoms with Gasteiger partial charge in [-0.15, -0.1) is 0 Å². The molecule has 1 aromatic heterocycles. The molecule has 0 aliphatic heterocycles. The van der Waals surface area contributed by atoms with E-state index in [1.807, 2.05) is 12.1 Å². The molecule has 0 aliphatic rings. The molecule has 1 heterocycles. The van der Waals surface area contributed by atoms with Gasteiger partial charge in [-0.25, -0.2) is 10.2 Å². The lowest BCUT2D eigenvalue weighted by molar-refractivity contribution is 1.34. The molecule has 0 atom stereocenters. The fourth-order valence-corrected chi connectivity index (χ4v) is 0.376. The molecule has 3 nitrogen and oxygen atoms in total. The van der Waals surface area contributed by atoms with Crippen LogP contribution in [0.15, 0.2) is 24.4 Å². The standard InChI is InChI=1S/C5H6N2.CHN/c6-5-3-1-2-4-7-5;1-2/h1-4H,(H2,6,7);1H. The van der Waals surface area contributed by atoms with Crippen molar-refractivity contribution in [3.05, 3.63) is 24.4 Å². The average molecular weight is 121 g/mol. The van der Waals surface area contributed by atoms with E-state index in [1.54, 1.807) is 12.3 Å². The van der Waals surface area contributed by atoms with E-state index >= 15 is 0 Å². The van der Waals surface area contributed by atoms with E-state index in [2.05, 4.69) is 11.6 Å². The number of anilines is 1. The van der Waals surface area contributed by atoms with Gasteiger partial charge >= 0.3 is 0 Å². The lowest BCUT2D eigenvalue weighted by Gasteiger charge is -1.82. The van der Waals surface area contributed by atoms with Crippen LogP contribution in [0.3, 0.4) is 0 Å². The summed E-state index contributed by atoms with van der Waals surface area (Å²) in [5.74, 6) is 0.572. The molecule has 0 spiro atoms. The first-order valence-electron chi connectivity index (χ1n) is 2.32. The molecule has 9 heavy (non-hydrogen) atoms. The van der Waals surface area contributed by atoms with Crippen molar-refractivity contribution < 1.29 is 0 Å². The molecule has 46 valence electrons. The Morgan fingerprint density at radius 2 is 2.11 bits per heavy atom. The van der Waals surface area contributed by atoms with Gasteiger partial charge in [0.25, 0.3) is 0 Å². The fourth-order valence-electron chi connectivity index (χ4n) is 0.376. The van der Waals surface area contributed by atoms with E-state index in [0.29, 0.717) is 5.82 Å². The fraction of sp³-hybridized carbons (Fsp3) is 0. The van der Waals surface area contributed by atoms with Crippen LogP contribution in [-0.2, 0) is 0 Å². The summed E-state index contributed by atoms with van der Waals surface area (Å²) in [4.78, 5) is 3.76. The molecule has 0 aromatic carbocycles. The van der Waals surface area contributed by atoms with Crippen LogP contribution in [-0.4, -0.2) is 4.98 Å². The maximum Gasteiger partial charge on any atom is 0.123 e. The van der Waals surface area contributed by atoms with Crippen molar-refractivity contribution in [2.45, 2.75) is 0 Å². The van der Waals surface area contributed by atoms with Gasteiger partial charge in [-0.2, -0.15) is 0 Å². The van der Waals surface area contributed by atoms with E-state index < -0.39 is 0 Å². The summed E-state index contributed by atoms with van der Waals surface area (Å²) in [5, 5.41) is 6.50. The van der Waals surface area contributed by atoms with E-state index in [9.17, 15) is 0 Å². The van der Waals surface area contributed by atoms with Crippen molar-refractivity contribution >= 4 is 5.82 Å². The van der Waals surface area contributed by atoms with Crippen LogP contribution < -0.4 is 5.73 Å². The molecule has 0 aliphatic carbocycles. The first-order chi connectivity index (χ1) is 4.39. The predicted molar refractivity (Wildman–Crippen MR) is 35.3 cm³/mol. The number of nitrogens with two attached hydrogens (primary N) is 1. The minimum absolute atomic E-state index is 0.572. The maximum absolute atomic E-state index is 6.50. The van der Waals surface area contributed by atoms with Crippen molar-refractivity contribution in [1.29, 1.82) is 5.26 Å². The minimum atomic E-state index is 0.572. The quantitative estimate of drug-likeness (QED) is 0.552. The summed E-state index contributed by atoms with van der Waals surface area (Å²) in [7, 11) is 0. The molecule has 0 unspecified atom stereocenters. The van der Waals surface area contributed by atoms with Gasteiger partial charge < -0.3 is 5.73 Å². The van der Waals surface area contributed by atoms with Gasteiger partial charge in [0, 0.05) is 12.8 Å². The van der Waals surface area contributed by atoms with Gasteiger partial charge in [0.05, 0.1) is 0 Å². The predicted octanol–water partition coefficient (Wildman–Crippen LogP) is 0.804. The smallest absolute Gasteiger partial charge is 0.123 e. The molecular weight excluding hydrogens is 114 g/mol. The van der Waals surface area contributed by atoms with E-state index in [0.717, 1.165) is 0 Å². The number of hydrogen-bond donors (Lipinski definition) is 1. The SMILES string of the molecule is C#N.Nc1ccccn1. The number of nitrogen functional groups attached to an aromatic ring is 1. The Morgan fingerprint density at radius 1 is 1.44 bits per heavy atom. The molecule has 0 saturated heterocycles. The second-order valence-corrected chi connectivity index (χ2v) is 1.25. The first-order valence-corrected chi connectivity index (χ1v) is 2.32. The van der Waals surface area contributed by atoms with Crippen LogP contribution in [0.5, 0.6) is 0 Å². The summed E-state index contributed by atoms with van der Waals surface area (Å²) in [6.07, 6.45) is 1.66. The van der Waals surface area contributed by atoms with Crippen molar-refractivity contribution in [2.24, 2.45) is 0 Å². The number of hydrogen-bond acceptors (Lipinski definition) is 3. The third-order valence-corrected chi connectivity index (χ3v) is 0.688. The first kappa shape index (κ1) is 7.44. The number of rotatable bonds is 0. The van der Waals surface area contributed by atoms with Crippen LogP contribution in [0.4, 0.5) is 5.82 Å². The van der Waals surface area contributed by atoms with Gasteiger partial charge in [-0.05, 0) is 12.1 Å². The molecule has 0 radical (unpaired) electrons. The Labute approximate surface area is 53.8 Å². The van der Waals surface area contributed by atoms with Crippen molar-refractivity contribution in [3.8, 4) is 6.57 Å². The second kappa shape index (κ2) is 4.60. The highest BCUT2D eigenvalue weighted by Crippen LogP contribution is 1.89. The average Bonchev–Trinajstić information content (AvgIpc) is 1.94. The van der Waals surface area contributed by atoms with Gasteiger partial charge in [0.2, 0.25) is 0 Å². The van der Waals surface area contributed by atoms with Gasteiger partial charge in [0.1, 0.15) is 5.82 Å². The van der Waals surface area contributed by atoms with Crippen LogP contribution in [0.25, 0.3) is 0 Å². The van der Waals surface area contributed by atoms with Crippen LogP contribution in [0.2, 0.25) is 0 Å². The van der Waals surface area contributed by atoms with Gasteiger partial charge in [-0.3, -0.25) is 0 Å². The van der Waals surface area contributed by atoms with Crippen molar-refractivity contribution in [2.75, 3.05) is 5.73 Å². The summed E-state index contributed by atoms with van der Waals surface area (Å²) in [5.41, 5.74) is 5.25. The number of nitrogens with zero attached hydrogens (tertiary/aromatic N) is 2. The zero-order chi connectivity index (χ0) is 7.11. The Morgan fingerprint density at radius 3 is 2.33 bits per heavy atom. The molecule has 0 saturated carbocycles. The monoisotopic (exact) mass is 121 g/mol. The van der Waals surface area contributed by atoms with E-state index in [1.165, 1.54) is 0 Å². The topological polar surface area (TPSA) is 62.7 Å². The minimum Gasteiger partial charge on any atom is -0.384 e. The Kier molecular flexibility index (Phi) is 3.80. The molecule has 1 rings (SSSR count). The second-order valence-electron chi connectivity index (χ2n) is 1.25. The van der Waals surface area contributed by atoms with Crippen molar-refractivity contribution in [1.82, 2.24) is 4.98 Å². The van der Waals surface area contributed by atoms with Gasteiger partial charge in [-0.1, -0.05) is 6.07 Å². The summed E-state index contributed by atoms with van der Waals surface area (Å²) < 4.78 is 0. The maximum atomic E-state index is 6.50. The zero-order valence-electron chi connectivity index (χ0n) is 4.86. The molecule has 3 heteroatoms. The third-order valence-electron chi connectivity index (χ3n) is 0.688. The number of pyridine rings is 1. The number of nitriles is 1. The number of aromatic nitrogens is 1. The highest BCUT2D eigenvalue weighted by molar-refractivity contribution is 5.25. The normalized spacial score (nSPS) is 6.89. The van der Waals surface area contributed by atoms with Crippen LogP contribution in [0, 0.1) is 11.8 Å². The van der Waals surface area contributed by atoms with Crippen LogP contribution >= 0.6 is 0 Å². The van der Waals surface area contributed by atoms with E-state index in [4.69, 9.17) is 11.0 Å². The summed E-state index contributed by atoms with van der Waals surface area (Å²) in [6, 6.07) is 5.43.